The van der Waals surface area contributed by atoms with Gasteiger partial charge in [-0.3, -0.25) is 0 Å². The van der Waals surface area contributed by atoms with E-state index in [4.69, 9.17) is 20.6 Å². The van der Waals surface area contributed by atoms with Gasteiger partial charge in [-0.25, -0.2) is 0 Å². The first kappa shape index (κ1) is 13.0. The van der Waals surface area contributed by atoms with Crippen molar-refractivity contribution in [2.75, 3.05) is 4.90 Å². The average Bonchev–Trinajstić information content (AvgIpc) is 3.30. The van der Waals surface area contributed by atoms with Crippen LogP contribution in [0.15, 0.2) is 188 Å². The molecule has 0 fully saturated rings. The Bertz CT molecular complexity index is 3310. The van der Waals surface area contributed by atoms with Gasteiger partial charge >= 0.3 is 0 Å². The predicted molar refractivity (Wildman–Crippen MR) is 192 cm³/mol. The van der Waals surface area contributed by atoms with Crippen molar-refractivity contribution in [1.82, 2.24) is 0 Å². The van der Waals surface area contributed by atoms with Gasteiger partial charge in [0, 0.05) is 16.8 Å². The lowest BCUT2D eigenvalue weighted by atomic mass is 9.99. The van der Waals surface area contributed by atoms with Crippen molar-refractivity contribution in [3.05, 3.63) is 188 Å². The molecule has 212 valence electrons. The third-order valence-corrected chi connectivity index (χ3v) is 7.16. The molecule has 8 aromatic rings. The minimum atomic E-state index is -0.915. The lowest BCUT2D eigenvalue weighted by Gasteiger charge is -2.27. The Morgan fingerprint density at radius 2 is 0.978 bits per heavy atom. The summed E-state index contributed by atoms with van der Waals surface area (Å²) < 4.78 is 176. The molecule has 1 heteroatoms. The highest BCUT2D eigenvalue weighted by atomic mass is 15.1. The normalized spacial score (nSPS) is 17.3. The number of benzene rings is 8. The lowest BCUT2D eigenvalue weighted by Crippen LogP contribution is -2.10. The number of anilines is 3. The Hall–Kier alpha value is -5.92. The van der Waals surface area contributed by atoms with Crippen LogP contribution in [0.25, 0.3) is 54.9 Å². The lowest BCUT2D eigenvalue weighted by molar-refractivity contribution is 1.30. The molecular weight excluding hydrogens is 542 g/mol. The van der Waals surface area contributed by atoms with Crippen LogP contribution in [-0.2, 0) is 0 Å². The number of hydrogen-bond donors (Lipinski definition) is 0. The Morgan fingerprint density at radius 3 is 1.76 bits per heavy atom. The minimum Gasteiger partial charge on any atom is -0.310 e. The van der Waals surface area contributed by atoms with Gasteiger partial charge in [0.1, 0.15) is 0 Å². The van der Waals surface area contributed by atoms with Crippen molar-refractivity contribution in [2.45, 2.75) is 0 Å². The summed E-state index contributed by atoms with van der Waals surface area (Å²) in [7, 11) is 0. The maximum Gasteiger partial charge on any atom is 0.0645 e. The van der Waals surface area contributed by atoms with E-state index in [-0.39, 0.29) is 5.69 Å². The van der Waals surface area contributed by atoms with E-state index in [1.54, 1.807) is 18.2 Å². The van der Waals surface area contributed by atoms with Crippen molar-refractivity contribution in [3.8, 4) is 33.4 Å². The summed E-state index contributed by atoms with van der Waals surface area (Å²) in [6.45, 7) is 0. The molecule has 0 saturated carbocycles. The zero-order valence-electron chi connectivity index (χ0n) is 43.3. The summed E-state index contributed by atoms with van der Waals surface area (Å²) in [4.78, 5) is 1.05. The molecule has 0 amide bonds. The zero-order valence-corrected chi connectivity index (χ0v) is 23.3. The molecule has 0 heterocycles. The standard InChI is InChI=1S/C44H31N/c1-2-10-32(11-3-1)34-20-22-35(23-21-34)36-26-28-41(29-27-36)45(44-19-9-15-37-13-6-7-18-43(37)44)42-17-8-16-39(31-42)40-25-24-33-12-4-5-14-38(33)30-40/h1-31H/i1D,2D,3D,6D,7D,9D,10D,11D,13D,15D,18D,19D,20D,21D,22D,23D,26D,27D,28D,29D. The quantitative estimate of drug-likeness (QED) is 0.185. The Morgan fingerprint density at radius 1 is 0.356 bits per heavy atom. The van der Waals surface area contributed by atoms with Crippen LogP contribution in [0.2, 0.25) is 0 Å². The van der Waals surface area contributed by atoms with Gasteiger partial charge in [0.05, 0.1) is 33.1 Å². The Labute approximate surface area is 292 Å². The molecule has 0 aliphatic heterocycles. The van der Waals surface area contributed by atoms with E-state index in [0.29, 0.717) is 11.1 Å². The monoisotopic (exact) mass is 593 g/mol. The second-order valence-corrected chi connectivity index (χ2v) is 9.89. The highest BCUT2D eigenvalue weighted by Crippen LogP contribution is 2.41. The second kappa shape index (κ2) is 11.6. The number of rotatable bonds is 6. The SMILES string of the molecule is [2H]c1c([2H])c([2H])c(-c2c([2H])c([2H])c(-c3c([2H])c([2H])c(N(c4cccc(-c5ccc6ccccc6c5)c4)c4c([2H])c([2H])c([2H])c5c([2H])c([2H])c([2H])c([2H])c45)c([2H])c3[2H])c([2H])c2[2H])c([2H])c1[2H]. The van der Waals surface area contributed by atoms with E-state index in [0.717, 1.165) is 15.7 Å². The zero-order chi connectivity index (χ0) is 47.4. The van der Waals surface area contributed by atoms with Crippen LogP contribution in [0.4, 0.5) is 17.1 Å². The van der Waals surface area contributed by atoms with Crippen LogP contribution in [0.3, 0.4) is 0 Å². The summed E-state index contributed by atoms with van der Waals surface area (Å²) in [5.41, 5.74) is -2.51. The fourth-order valence-corrected chi connectivity index (χ4v) is 5.01. The maximum atomic E-state index is 9.50. The molecule has 8 aromatic carbocycles. The highest BCUT2D eigenvalue weighted by molar-refractivity contribution is 5.99. The first-order valence-corrected chi connectivity index (χ1v) is 13.8. The molecule has 0 unspecified atom stereocenters. The van der Waals surface area contributed by atoms with E-state index in [2.05, 4.69) is 0 Å². The molecule has 1 nitrogen and oxygen atoms in total. The summed E-state index contributed by atoms with van der Waals surface area (Å²) in [6.07, 6.45) is 0. The molecule has 0 atom stereocenters. The van der Waals surface area contributed by atoms with Crippen molar-refractivity contribution < 1.29 is 27.4 Å². The smallest absolute Gasteiger partial charge is 0.0645 e. The average molecular weight is 594 g/mol. The van der Waals surface area contributed by atoms with E-state index in [1.807, 2.05) is 42.5 Å². The van der Waals surface area contributed by atoms with Gasteiger partial charge < -0.3 is 4.90 Å². The molecule has 0 aromatic heterocycles. The first-order chi connectivity index (χ1) is 30.6. The molecule has 0 aliphatic carbocycles. The van der Waals surface area contributed by atoms with Crippen LogP contribution >= 0.6 is 0 Å². The molecule has 0 aliphatic rings. The number of fused-ring (bicyclic) bond motifs is 2. The molecule has 8 rings (SSSR count). The molecule has 45 heavy (non-hydrogen) atoms. The topological polar surface area (TPSA) is 3.24 Å². The number of hydrogen-bond acceptors (Lipinski definition) is 1. The van der Waals surface area contributed by atoms with Crippen molar-refractivity contribution in [2.24, 2.45) is 0 Å². The predicted octanol–water partition coefficient (Wildman–Crippen LogP) is 12.5. The van der Waals surface area contributed by atoms with E-state index < -0.39 is 165 Å². The van der Waals surface area contributed by atoms with Crippen LogP contribution < -0.4 is 4.90 Å². The van der Waals surface area contributed by atoms with E-state index >= 15 is 0 Å². The molecule has 0 radical (unpaired) electrons. The van der Waals surface area contributed by atoms with Gasteiger partial charge in [0.2, 0.25) is 0 Å². The highest BCUT2D eigenvalue weighted by Gasteiger charge is 2.16. The van der Waals surface area contributed by atoms with Gasteiger partial charge in [-0.1, -0.05) is 151 Å². The van der Waals surface area contributed by atoms with E-state index in [9.17, 15) is 6.85 Å². The van der Waals surface area contributed by atoms with E-state index in [1.165, 1.54) is 6.07 Å². The second-order valence-electron chi connectivity index (χ2n) is 9.89. The minimum absolute atomic E-state index is 0.0378. The van der Waals surface area contributed by atoms with Gasteiger partial charge in [0.25, 0.3) is 0 Å². The van der Waals surface area contributed by atoms with Gasteiger partial charge in [-0.05, 0) is 85.9 Å². The molecule has 0 saturated heterocycles. The van der Waals surface area contributed by atoms with Crippen LogP contribution in [0.1, 0.15) is 27.4 Å². The Balaban J connectivity index is 1.46. The summed E-state index contributed by atoms with van der Waals surface area (Å²) >= 11 is 0. The fraction of sp³-hybridized carbons (Fsp3) is 0. The van der Waals surface area contributed by atoms with Gasteiger partial charge in [0.15, 0.2) is 0 Å². The van der Waals surface area contributed by atoms with Crippen molar-refractivity contribution in [1.29, 1.82) is 0 Å². The fourth-order valence-electron chi connectivity index (χ4n) is 5.01. The molecule has 0 spiro atoms. The molecule has 0 N–H and O–H groups in total. The summed E-state index contributed by atoms with van der Waals surface area (Å²) in [5.74, 6) is 0. The first-order valence-electron chi connectivity index (χ1n) is 23.8. The summed E-state index contributed by atoms with van der Waals surface area (Å²) in [6, 6.07) is 3.37. The van der Waals surface area contributed by atoms with Gasteiger partial charge in [-0.15, -0.1) is 0 Å². The van der Waals surface area contributed by atoms with Crippen LogP contribution in [-0.4, -0.2) is 0 Å². The van der Waals surface area contributed by atoms with Crippen LogP contribution in [0.5, 0.6) is 0 Å². The maximum absolute atomic E-state index is 9.50. The molecule has 0 bridgehead atoms. The van der Waals surface area contributed by atoms with Gasteiger partial charge in [-0.2, -0.15) is 0 Å². The summed E-state index contributed by atoms with van der Waals surface area (Å²) in [5, 5.41) is 0.957. The molecular formula is C44H31N. The third kappa shape index (κ3) is 5.26. The van der Waals surface area contributed by atoms with Crippen molar-refractivity contribution in [3.63, 3.8) is 0 Å². The Kier molecular flexibility index (Phi) is 3.36. The van der Waals surface area contributed by atoms with Crippen LogP contribution in [0, 0.1) is 0 Å². The van der Waals surface area contributed by atoms with Crippen molar-refractivity contribution >= 4 is 38.6 Å². The third-order valence-electron chi connectivity index (χ3n) is 7.16. The number of nitrogens with zero attached hydrogens (tertiary/aromatic N) is 1. The largest absolute Gasteiger partial charge is 0.310 e.